The molecule has 42 heavy (non-hydrogen) atoms. The Morgan fingerprint density at radius 2 is 1.71 bits per heavy atom. The number of nitrogens with zero attached hydrogens (tertiary/aromatic N) is 2. The number of nitrogens with one attached hydrogen (secondary N) is 1. The van der Waals surface area contributed by atoms with Gasteiger partial charge in [-0.05, 0) is 83.0 Å². The average molecular weight is 736 g/mol. The molecule has 12 heteroatoms. The van der Waals surface area contributed by atoms with Gasteiger partial charge in [0.2, 0.25) is 0 Å². The van der Waals surface area contributed by atoms with Crippen LogP contribution in [-0.4, -0.2) is 34.2 Å². The first kappa shape index (κ1) is 31.6. The van der Waals surface area contributed by atoms with Gasteiger partial charge in [0, 0.05) is 15.1 Å². The van der Waals surface area contributed by atoms with Gasteiger partial charge in [-0.3, -0.25) is 9.10 Å². The number of halogens is 3. The van der Waals surface area contributed by atoms with E-state index in [9.17, 15) is 13.2 Å². The maximum Gasteiger partial charge on any atom is 0.264 e. The summed E-state index contributed by atoms with van der Waals surface area (Å²) in [6, 6.07) is 23.9. The Kier molecular flexibility index (Phi) is 10.7. The van der Waals surface area contributed by atoms with E-state index in [1.807, 2.05) is 25.1 Å². The number of sulfonamides is 1. The van der Waals surface area contributed by atoms with Crippen LogP contribution in [-0.2, 0) is 21.4 Å². The number of carbonyl (C=O) groups is 1. The van der Waals surface area contributed by atoms with Crippen LogP contribution in [0.3, 0.4) is 0 Å². The molecule has 0 aromatic heterocycles. The summed E-state index contributed by atoms with van der Waals surface area (Å²) >= 11 is 13.1. The smallest absolute Gasteiger partial charge is 0.264 e. The molecule has 0 saturated carbocycles. The average Bonchev–Trinajstić information content (AvgIpc) is 2.96. The van der Waals surface area contributed by atoms with Crippen molar-refractivity contribution in [2.24, 2.45) is 5.10 Å². The zero-order valence-electron chi connectivity index (χ0n) is 22.6. The summed E-state index contributed by atoms with van der Waals surface area (Å²) < 4.78 is 40.9. The number of carbonyl (C=O) groups excluding carboxylic acids is 1. The molecule has 4 rings (SSSR count). The SMILES string of the molecule is COc1cc(/C=N\NC(=O)CN(c2ccc(Br)cc2)S(=O)(=O)c2ccc(C)cc2)cc(Br)c1OCc1ccccc1Cl. The Hall–Kier alpha value is -3.38. The standard InChI is InChI=1S/C30H26Br2ClN3O5S/c1-20-7-13-25(14-8-20)42(38,39)36(24-11-9-23(31)10-12-24)18-29(37)35-34-17-21-15-26(32)30(28(16-21)40-2)41-19-22-5-3-4-6-27(22)33/h3-17H,18-19H2,1-2H3,(H,35,37)/b34-17-. The monoisotopic (exact) mass is 733 g/mol. The van der Waals surface area contributed by atoms with Gasteiger partial charge >= 0.3 is 0 Å². The summed E-state index contributed by atoms with van der Waals surface area (Å²) in [5.74, 6) is 0.287. The predicted octanol–water partition coefficient (Wildman–Crippen LogP) is 7.11. The maximum absolute atomic E-state index is 13.5. The Bertz CT molecular complexity index is 1700. The molecule has 8 nitrogen and oxygen atoms in total. The Morgan fingerprint density at radius 3 is 2.38 bits per heavy atom. The molecule has 0 unspecified atom stereocenters. The predicted molar refractivity (Wildman–Crippen MR) is 172 cm³/mol. The maximum atomic E-state index is 13.5. The Balaban J connectivity index is 1.49. The van der Waals surface area contributed by atoms with E-state index in [2.05, 4.69) is 42.4 Å². The number of rotatable bonds is 11. The molecule has 0 saturated heterocycles. The molecule has 0 bridgehead atoms. The van der Waals surface area contributed by atoms with Crippen LogP contribution in [0.4, 0.5) is 5.69 Å². The molecule has 0 heterocycles. The molecule has 218 valence electrons. The summed E-state index contributed by atoms with van der Waals surface area (Å²) in [7, 11) is -2.53. The van der Waals surface area contributed by atoms with Crippen molar-refractivity contribution < 1.29 is 22.7 Å². The highest BCUT2D eigenvalue weighted by molar-refractivity contribution is 9.10. The quantitative estimate of drug-likeness (QED) is 0.131. The van der Waals surface area contributed by atoms with Gasteiger partial charge in [-0.15, -0.1) is 0 Å². The third kappa shape index (κ3) is 7.91. The molecule has 4 aromatic rings. The normalized spacial score (nSPS) is 11.4. The summed E-state index contributed by atoms with van der Waals surface area (Å²) in [6.45, 7) is 1.61. The minimum Gasteiger partial charge on any atom is -0.493 e. The zero-order chi connectivity index (χ0) is 30.3. The number of amides is 1. The van der Waals surface area contributed by atoms with E-state index in [1.54, 1.807) is 54.6 Å². The van der Waals surface area contributed by atoms with Crippen molar-refractivity contribution in [3.05, 3.63) is 116 Å². The van der Waals surface area contributed by atoms with Crippen LogP contribution in [0.25, 0.3) is 0 Å². The molecule has 0 aliphatic heterocycles. The molecule has 0 aliphatic rings. The van der Waals surface area contributed by atoms with Crippen molar-refractivity contribution in [3.8, 4) is 11.5 Å². The molecule has 0 fully saturated rings. The fraction of sp³-hybridized carbons (Fsp3) is 0.133. The second kappa shape index (κ2) is 14.2. The van der Waals surface area contributed by atoms with Gasteiger partial charge in [-0.2, -0.15) is 5.10 Å². The number of aryl methyl sites for hydroxylation is 1. The lowest BCUT2D eigenvalue weighted by atomic mass is 10.2. The van der Waals surface area contributed by atoms with Crippen LogP contribution < -0.4 is 19.2 Å². The van der Waals surface area contributed by atoms with E-state index >= 15 is 0 Å². The summed E-state index contributed by atoms with van der Waals surface area (Å²) in [6.07, 6.45) is 1.42. The van der Waals surface area contributed by atoms with Crippen LogP contribution in [0, 0.1) is 6.92 Å². The highest BCUT2D eigenvalue weighted by Gasteiger charge is 2.27. The second-order valence-corrected chi connectivity index (χ2v) is 13.0. The molecule has 0 spiro atoms. The van der Waals surface area contributed by atoms with E-state index in [0.717, 1.165) is 19.9 Å². The number of hydrogen-bond donors (Lipinski definition) is 1. The van der Waals surface area contributed by atoms with Gasteiger partial charge in [0.15, 0.2) is 11.5 Å². The first-order valence-electron chi connectivity index (χ1n) is 12.5. The first-order chi connectivity index (χ1) is 20.1. The van der Waals surface area contributed by atoms with Crippen LogP contribution in [0.5, 0.6) is 11.5 Å². The summed E-state index contributed by atoms with van der Waals surface area (Å²) in [5.41, 5.74) is 5.08. The molecule has 0 atom stereocenters. The van der Waals surface area contributed by atoms with Crippen molar-refractivity contribution in [1.82, 2.24) is 5.43 Å². The lowest BCUT2D eigenvalue weighted by molar-refractivity contribution is -0.119. The van der Waals surface area contributed by atoms with Gasteiger partial charge in [0.25, 0.3) is 15.9 Å². The number of anilines is 1. The number of hydrazone groups is 1. The largest absolute Gasteiger partial charge is 0.493 e. The van der Waals surface area contributed by atoms with E-state index in [4.69, 9.17) is 21.1 Å². The van der Waals surface area contributed by atoms with Gasteiger partial charge in [0.05, 0.1) is 28.4 Å². The van der Waals surface area contributed by atoms with Crippen LogP contribution in [0.1, 0.15) is 16.7 Å². The number of ether oxygens (including phenoxy) is 2. The molecular formula is C30H26Br2ClN3O5S. The lowest BCUT2D eigenvalue weighted by Crippen LogP contribution is -2.39. The number of benzene rings is 4. The van der Waals surface area contributed by atoms with Crippen LogP contribution in [0.15, 0.2) is 104 Å². The first-order valence-corrected chi connectivity index (χ1v) is 15.9. The Morgan fingerprint density at radius 1 is 1.02 bits per heavy atom. The summed E-state index contributed by atoms with van der Waals surface area (Å²) in [5, 5.41) is 4.63. The van der Waals surface area contributed by atoms with Crippen LogP contribution in [0.2, 0.25) is 5.02 Å². The fourth-order valence-corrected chi connectivity index (χ4v) is 6.27. The highest BCUT2D eigenvalue weighted by atomic mass is 79.9. The molecule has 0 radical (unpaired) electrons. The molecular weight excluding hydrogens is 710 g/mol. The van der Waals surface area contributed by atoms with Crippen molar-refractivity contribution in [1.29, 1.82) is 0 Å². The highest BCUT2D eigenvalue weighted by Crippen LogP contribution is 2.37. The minimum atomic E-state index is -4.04. The summed E-state index contributed by atoms with van der Waals surface area (Å²) in [4.78, 5) is 13.0. The molecule has 1 N–H and O–H groups in total. The molecule has 4 aromatic carbocycles. The zero-order valence-corrected chi connectivity index (χ0v) is 27.3. The second-order valence-electron chi connectivity index (χ2n) is 9.01. The topological polar surface area (TPSA) is 97.3 Å². The number of methoxy groups -OCH3 is 1. The third-order valence-electron chi connectivity index (χ3n) is 6.00. The Labute approximate surface area is 266 Å². The lowest BCUT2D eigenvalue weighted by Gasteiger charge is -2.23. The fourth-order valence-electron chi connectivity index (χ4n) is 3.82. The van der Waals surface area contributed by atoms with E-state index < -0.39 is 22.5 Å². The van der Waals surface area contributed by atoms with Gasteiger partial charge in [0.1, 0.15) is 13.2 Å². The van der Waals surface area contributed by atoms with Crippen molar-refractivity contribution in [2.45, 2.75) is 18.4 Å². The van der Waals surface area contributed by atoms with Gasteiger partial charge in [-0.1, -0.05) is 63.4 Å². The molecule has 1 amide bonds. The van der Waals surface area contributed by atoms with E-state index in [1.165, 1.54) is 25.5 Å². The minimum absolute atomic E-state index is 0.0705. The van der Waals surface area contributed by atoms with Crippen molar-refractivity contribution in [2.75, 3.05) is 18.0 Å². The van der Waals surface area contributed by atoms with Crippen molar-refractivity contribution >= 4 is 71.3 Å². The molecule has 0 aliphatic carbocycles. The third-order valence-corrected chi connectivity index (χ3v) is 9.27. The van der Waals surface area contributed by atoms with Gasteiger partial charge in [-0.25, -0.2) is 13.8 Å². The van der Waals surface area contributed by atoms with E-state index in [0.29, 0.717) is 32.2 Å². The van der Waals surface area contributed by atoms with Crippen LogP contribution >= 0.6 is 43.5 Å². The van der Waals surface area contributed by atoms with E-state index in [-0.39, 0.29) is 11.5 Å². The van der Waals surface area contributed by atoms with Crippen molar-refractivity contribution in [3.63, 3.8) is 0 Å². The number of hydrogen-bond acceptors (Lipinski definition) is 6. The van der Waals surface area contributed by atoms with Gasteiger partial charge < -0.3 is 9.47 Å².